The molecule has 0 bridgehead atoms. The standard InChI is InChI=1S/C20H26N4O/c1-3-15-8-10-17(11-9-15)23-19(25)16-13-21-20(22-14-16)24-12-6-5-7-18(24)4-2/h8-11,13-14,18H,3-7,12H2,1-2H3,(H,23,25). The van der Waals surface area contributed by atoms with Crippen LogP contribution in [0.1, 0.15) is 55.5 Å². The van der Waals surface area contributed by atoms with Crippen LogP contribution in [0.4, 0.5) is 11.6 Å². The number of benzene rings is 1. The third kappa shape index (κ3) is 4.16. The van der Waals surface area contributed by atoms with Crippen LogP contribution in [0.3, 0.4) is 0 Å². The molecule has 25 heavy (non-hydrogen) atoms. The second kappa shape index (κ2) is 8.10. The molecule has 1 unspecified atom stereocenters. The van der Waals surface area contributed by atoms with Crippen molar-refractivity contribution in [2.24, 2.45) is 0 Å². The van der Waals surface area contributed by atoms with E-state index in [4.69, 9.17) is 0 Å². The largest absolute Gasteiger partial charge is 0.338 e. The zero-order valence-electron chi connectivity index (χ0n) is 15.0. The Kier molecular flexibility index (Phi) is 5.64. The smallest absolute Gasteiger partial charge is 0.258 e. The summed E-state index contributed by atoms with van der Waals surface area (Å²) in [7, 11) is 0. The first-order valence-corrected chi connectivity index (χ1v) is 9.20. The highest BCUT2D eigenvalue weighted by atomic mass is 16.1. The molecule has 0 radical (unpaired) electrons. The average molecular weight is 338 g/mol. The van der Waals surface area contributed by atoms with Crippen molar-refractivity contribution < 1.29 is 4.79 Å². The quantitative estimate of drug-likeness (QED) is 0.893. The first-order chi connectivity index (χ1) is 12.2. The summed E-state index contributed by atoms with van der Waals surface area (Å²) in [6.45, 7) is 5.31. The summed E-state index contributed by atoms with van der Waals surface area (Å²) in [6, 6.07) is 8.40. The van der Waals surface area contributed by atoms with E-state index in [1.807, 2.05) is 24.3 Å². The molecule has 1 amide bonds. The van der Waals surface area contributed by atoms with Crippen LogP contribution in [0.15, 0.2) is 36.7 Å². The van der Waals surface area contributed by atoms with Gasteiger partial charge in [-0.3, -0.25) is 4.79 Å². The molecule has 1 aliphatic rings. The fraction of sp³-hybridized carbons (Fsp3) is 0.450. The van der Waals surface area contributed by atoms with E-state index < -0.39 is 0 Å². The van der Waals surface area contributed by atoms with Crippen LogP contribution in [-0.4, -0.2) is 28.5 Å². The molecule has 0 saturated carbocycles. The number of anilines is 2. The molecule has 0 spiro atoms. The predicted octanol–water partition coefficient (Wildman–Crippen LogP) is 4.06. The van der Waals surface area contributed by atoms with Gasteiger partial charge in [0, 0.05) is 30.7 Å². The molecular formula is C20H26N4O. The summed E-state index contributed by atoms with van der Waals surface area (Å²) in [5.41, 5.74) is 2.51. The molecular weight excluding hydrogens is 312 g/mol. The number of rotatable bonds is 5. The molecule has 3 rings (SSSR count). The van der Waals surface area contributed by atoms with Gasteiger partial charge < -0.3 is 10.2 Å². The van der Waals surface area contributed by atoms with Gasteiger partial charge in [0.05, 0.1) is 5.56 Å². The number of aromatic nitrogens is 2. The maximum atomic E-state index is 12.4. The molecule has 2 aromatic rings. The van der Waals surface area contributed by atoms with Crippen molar-refractivity contribution in [3.63, 3.8) is 0 Å². The maximum absolute atomic E-state index is 12.4. The molecule has 1 N–H and O–H groups in total. The van der Waals surface area contributed by atoms with E-state index in [-0.39, 0.29) is 5.91 Å². The lowest BCUT2D eigenvalue weighted by Gasteiger charge is -2.35. The Morgan fingerprint density at radius 3 is 2.52 bits per heavy atom. The van der Waals surface area contributed by atoms with E-state index in [0.717, 1.165) is 31.0 Å². The van der Waals surface area contributed by atoms with E-state index in [2.05, 4.69) is 34.0 Å². The Balaban J connectivity index is 1.67. The van der Waals surface area contributed by atoms with Gasteiger partial charge in [0.15, 0.2) is 0 Å². The lowest BCUT2D eigenvalue weighted by atomic mass is 10.0. The third-order valence-electron chi connectivity index (χ3n) is 4.88. The van der Waals surface area contributed by atoms with Crippen molar-refractivity contribution in [3.8, 4) is 0 Å². The van der Waals surface area contributed by atoms with Crippen LogP contribution in [-0.2, 0) is 6.42 Å². The zero-order chi connectivity index (χ0) is 17.6. The third-order valence-corrected chi connectivity index (χ3v) is 4.88. The van der Waals surface area contributed by atoms with Gasteiger partial charge in [0.2, 0.25) is 5.95 Å². The Bertz CT molecular complexity index is 697. The molecule has 0 aliphatic carbocycles. The van der Waals surface area contributed by atoms with Crippen molar-refractivity contribution in [2.45, 2.75) is 52.0 Å². The number of nitrogens with one attached hydrogen (secondary N) is 1. The number of nitrogens with zero attached hydrogens (tertiary/aromatic N) is 3. The number of aryl methyl sites for hydroxylation is 1. The highest BCUT2D eigenvalue weighted by Gasteiger charge is 2.23. The summed E-state index contributed by atoms with van der Waals surface area (Å²) in [5, 5.41) is 2.90. The monoisotopic (exact) mass is 338 g/mol. The molecule has 5 heteroatoms. The van der Waals surface area contributed by atoms with Gasteiger partial charge >= 0.3 is 0 Å². The molecule has 1 fully saturated rings. The summed E-state index contributed by atoms with van der Waals surface area (Å²) in [4.78, 5) is 23.5. The lowest BCUT2D eigenvalue weighted by Crippen LogP contribution is -2.40. The van der Waals surface area contributed by atoms with Gasteiger partial charge in [-0.25, -0.2) is 9.97 Å². The Hall–Kier alpha value is -2.43. The topological polar surface area (TPSA) is 58.1 Å². The van der Waals surface area contributed by atoms with Crippen molar-refractivity contribution in [3.05, 3.63) is 47.8 Å². The molecule has 1 atom stereocenters. The van der Waals surface area contributed by atoms with E-state index in [0.29, 0.717) is 11.6 Å². The zero-order valence-corrected chi connectivity index (χ0v) is 15.0. The summed E-state index contributed by atoms with van der Waals surface area (Å²) < 4.78 is 0. The Morgan fingerprint density at radius 1 is 1.16 bits per heavy atom. The highest BCUT2D eigenvalue weighted by molar-refractivity contribution is 6.03. The van der Waals surface area contributed by atoms with E-state index in [1.54, 1.807) is 12.4 Å². The second-order valence-electron chi connectivity index (χ2n) is 6.53. The average Bonchev–Trinajstić information content (AvgIpc) is 2.68. The van der Waals surface area contributed by atoms with E-state index in [1.165, 1.54) is 24.8 Å². The Morgan fingerprint density at radius 2 is 1.88 bits per heavy atom. The van der Waals surface area contributed by atoms with E-state index in [9.17, 15) is 4.79 Å². The molecule has 1 saturated heterocycles. The molecule has 1 aliphatic heterocycles. The van der Waals surface area contributed by atoms with Crippen molar-refractivity contribution >= 4 is 17.5 Å². The van der Waals surface area contributed by atoms with Gasteiger partial charge in [-0.1, -0.05) is 26.0 Å². The first kappa shape index (κ1) is 17.4. The van der Waals surface area contributed by atoms with Gasteiger partial charge in [0.1, 0.15) is 0 Å². The van der Waals surface area contributed by atoms with Crippen LogP contribution in [0.5, 0.6) is 0 Å². The fourth-order valence-electron chi connectivity index (χ4n) is 3.30. The SMILES string of the molecule is CCc1ccc(NC(=O)c2cnc(N3CCCCC3CC)nc2)cc1. The molecule has 5 nitrogen and oxygen atoms in total. The van der Waals surface area contributed by atoms with Crippen LogP contribution in [0.2, 0.25) is 0 Å². The minimum Gasteiger partial charge on any atom is -0.338 e. The van der Waals surface area contributed by atoms with Gasteiger partial charge in [-0.05, 0) is 49.8 Å². The minimum atomic E-state index is -0.179. The van der Waals surface area contributed by atoms with Crippen LogP contribution in [0.25, 0.3) is 0 Å². The first-order valence-electron chi connectivity index (χ1n) is 9.20. The summed E-state index contributed by atoms with van der Waals surface area (Å²) >= 11 is 0. The lowest BCUT2D eigenvalue weighted by molar-refractivity contribution is 0.102. The predicted molar refractivity (Wildman–Crippen MR) is 101 cm³/mol. The van der Waals surface area contributed by atoms with Crippen LogP contribution < -0.4 is 10.2 Å². The normalized spacial score (nSPS) is 17.4. The number of carbonyl (C=O) groups is 1. The highest BCUT2D eigenvalue weighted by Crippen LogP contribution is 2.23. The van der Waals surface area contributed by atoms with Crippen molar-refractivity contribution in [1.82, 2.24) is 9.97 Å². The Labute approximate surface area is 149 Å². The van der Waals surface area contributed by atoms with Crippen LogP contribution in [0, 0.1) is 0 Å². The number of amides is 1. The van der Waals surface area contributed by atoms with Gasteiger partial charge in [-0.15, -0.1) is 0 Å². The van der Waals surface area contributed by atoms with Crippen molar-refractivity contribution in [2.75, 3.05) is 16.8 Å². The minimum absolute atomic E-state index is 0.179. The molecule has 2 heterocycles. The van der Waals surface area contributed by atoms with Crippen LogP contribution >= 0.6 is 0 Å². The number of hydrogen-bond donors (Lipinski definition) is 1. The van der Waals surface area contributed by atoms with Gasteiger partial charge in [-0.2, -0.15) is 0 Å². The summed E-state index contributed by atoms with van der Waals surface area (Å²) in [6.07, 6.45) is 8.97. The number of piperidine rings is 1. The van der Waals surface area contributed by atoms with E-state index >= 15 is 0 Å². The number of hydrogen-bond acceptors (Lipinski definition) is 4. The van der Waals surface area contributed by atoms with Gasteiger partial charge in [0.25, 0.3) is 5.91 Å². The maximum Gasteiger partial charge on any atom is 0.258 e. The molecule has 132 valence electrons. The summed E-state index contributed by atoms with van der Waals surface area (Å²) in [5.74, 6) is 0.553. The number of carbonyl (C=O) groups excluding carboxylic acids is 1. The van der Waals surface area contributed by atoms with Crippen molar-refractivity contribution in [1.29, 1.82) is 0 Å². The fourth-order valence-corrected chi connectivity index (χ4v) is 3.30. The molecule has 1 aromatic carbocycles. The molecule has 1 aromatic heterocycles. The second-order valence-corrected chi connectivity index (χ2v) is 6.53.